The van der Waals surface area contributed by atoms with Gasteiger partial charge in [-0.05, 0) is 72.2 Å². The van der Waals surface area contributed by atoms with Crippen LogP contribution in [0.5, 0.6) is 11.5 Å². The molecular formula is C33H32N4O6S3. The quantitative estimate of drug-likeness (QED) is 0.110. The highest BCUT2D eigenvalue weighted by Crippen LogP contribution is 2.37. The number of nitrogen functional groups attached to an aromatic ring is 1. The van der Waals surface area contributed by atoms with Crippen LogP contribution < -0.4 is 15.2 Å². The monoisotopic (exact) mass is 676 g/mol. The van der Waals surface area contributed by atoms with Gasteiger partial charge in [0.05, 0.1) is 40.5 Å². The third-order valence-corrected chi connectivity index (χ3v) is 9.78. The van der Waals surface area contributed by atoms with Gasteiger partial charge in [0.15, 0.2) is 5.13 Å². The number of aromatic nitrogens is 1. The zero-order chi connectivity index (χ0) is 32.0. The number of carboxylic acids is 1. The molecule has 0 saturated carbocycles. The number of thioether (sulfide) groups is 1. The second-order valence-electron chi connectivity index (χ2n) is 10.7. The summed E-state index contributed by atoms with van der Waals surface area (Å²) in [6, 6.07) is 18.2. The van der Waals surface area contributed by atoms with Crippen molar-refractivity contribution < 1.29 is 28.9 Å². The highest BCUT2D eigenvalue weighted by atomic mass is 32.2. The van der Waals surface area contributed by atoms with Crippen molar-refractivity contribution in [3.63, 3.8) is 0 Å². The lowest BCUT2D eigenvalue weighted by Crippen LogP contribution is -2.38. The van der Waals surface area contributed by atoms with Crippen molar-refractivity contribution in [3.05, 3.63) is 76.7 Å². The third-order valence-electron chi connectivity index (χ3n) is 7.56. The van der Waals surface area contributed by atoms with E-state index in [2.05, 4.69) is 16.0 Å². The van der Waals surface area contributed by atoms with Crippen LogP contribution in [0.15, 0.2) is 65.6 Å². The average molecular weight is 677 g/mol. The van der Waals surface area contributed by atoms with Gasteiger partial charge in [-0.25, -0.2) is 9.78 Å². The molecule has 238 valence electrons. The molecule has 0 bridgehead atoms. The molecule has 4 aromatic rings. The Balaban J connectivity index is 1.15. The number of nitrogens with zero attached hydrogens (tertiary/aromatic N) is 3. The topological polar surface area (TPSA) is 127 Å². The largest absolute Gasteiger partial charge is 0.494 e. The first-order valence-electron chi connectivity index (χ1n) is 14.8. The van der Waals surface area contributed by atoms with Gasteiger partial charge in [0.25, 0.3) is 5.91 Å². The summed E-state index contributed by atoms with van der Waals surface area (Å²) in [5.41, 5.74) is 9.74. The number of carbonyl (C=O) groups excluding carboxylic acids is 1. The zero-order valence-corrected chi connectivity index (χ0v) is 27.3. The molecule has 3 heterocycles. The third kappa shape index (κ3) is 7.68. The minimum atomic E-state index is -0.989. The number of hydrogen-bond acceptors (Lipinski definition) is 11. The number of thiocarbonyl (C=S) groups is 1. The molecule has 2 aliphatic rings. The molecule has 3 aromatic carbocycles. The summed E-state index contributed by atoms with van der Waals surface area (Å²) < 4.78 is 19.0. The molecule has 0 spiro atoms. The molecule has 10 nitrogen and oxygen atoms in total. The fourth-order valence-electron chi connectivity index (χ4n) is 5.16. The van der Waals surface area contributed by atoms with Crippen molar-refractivity contribution in [1.82, 2.24) is 14.8 Å². The number of carbonyl (C=O) groups is 2. The summed E-state index contributed by atoms with van der Waals surface area (Å²) in [4.78, 5) is 33.2. The maximum absolute atomic E-state index is 13.3. The van der Waals surface area contributed by atoms with Crippen LogP contribution in [0.1, 0.15) is 22.3 Å². The van der Waals surface area contributed by atoms with Crippen molar-refractivity contribution in [2.24, 2.45) is 0 Å². The number of amides is 1. The van der Waals surface area contributed by atoms with E-state index >= 15 is 0 Å². The van der Waals surface area contributed by atoms with Crippen LogP contribution in [-0.2, 0) is 9.53 Å². The SMILES string of the molecule is Nc1nc2ccc(-c3cc(C=C4SC(=S)N(CCCOc5ccc(C(=O)O)cc5)C4=O)ccc3OCCN3CCOCC3)cc2s1. The van der Waals surface area contributed by atoms with E-state index in [0.29, 0.717) is 46.3 Å². The van der Waals surface area contributed by atoms with Gasteiger partial charge in [0, 0.05) is 31.7 Å². The lowest BCUT2D eigenvalue weighted by molar-refractivity contribution is -0.122. The molecule has 2 aliphatic heterocycles. The van der Waals surface area contributed by atoms with Crippen LogP contribution in [0.25, 0.3) is 27.4 Å². The summed E-state index contributed by atoms with van der Waals surface area (Å²) in [5.74, 6) is 0.191. The number of benzene rings is 3. The Labute approximate surface area is 279 Å². The van der Waals surface area contributed by atoms with E-state index in [1.54, 1.807) is 17.0 Å². The molecule has 3 N–H and O–H groups in total. The lowest BCUT2D eigenvalue weighted by Gasteiger charge is -2.26. The Morgan fingerprint density at radius 1 is 1.04 bits per heavy atom. The fraction of sp³-hybridized carbons (Fsp3) is 0.273. The molecule has 1 aromatic heterocycles. The molecular weight excluding hydrogens is 645 g/mol. The van der Waals surface area contributed by atoms with Crippen LogP contribution in [0, 0.1) is 0 Å². The lowest BCUT2D eigenvalue weighted by atomic mass is 10.0. The second kappa shape index (κ2) is 14.6. The molecule has 0 unspecified atom stereocenters. The van der Waals surface area contributed by atoms with Crippen molar-refractivity contribution in [2.45, 2.75) is 6.42 Å². The first kappa shape index (κ1) is 32.0. The van der Waals surface area contributed by atoms with Gasteiger partial charge in [0.1, 0.15) is 22.4 Å². The summed E-state index contributed by atoms with van der Waals surface area (Å²) in [6.45, 7) is 5.38. The Hall–Kier alpha value is -4.01. The van der Waals surface area contributed by atoms with Gasteiger partial charge in [-0.1, -0.05) is 47.4 Å². The van der Waals surface area contributed by atoms with E-state index in [1.807, 2.05) is 36.4 Å². The number of morpholine rings is 1. The molecule has 0 atom stereocenters. The number of nitrogens with two attached hydrogens (primary N) is 1. The molecule has 13 heteroatoms. The predicted octanol–water partition coefficient (Wildman–Crippen LogP) is 5.63. The van der Waals surface area contributed by atoms with Crippen LogP contribution >= 0.6 is 35.3 Å². The number of ether oxygens (including phenoxy) is 3. The van der Waals surface area contributed by atoms with E-state index in [9.17, 15) is 9.59 Å². The zero-order valence-electron chi connectivity index (χ0n) is 24.8. The van der Waals surface area contributed by atoms with Crippen LogP contribution in [0.4, 0.5) is 5.13 Å². The molecule has 6 rings (SSSR count). The van der Waals surface area contributed by atoms with E-state index in [1.165, 1.54) is 35.2 Å². The summed E-state index contributed by atoms with van der Waals surface area (Å²) >= 11 is 8.27. The molecule has 0 aliphatic carbocycles. The maximum Gasteiger partial charge on any atom is 0.335 e. The second-order valence-corrected chi connectivity index (χ2v) is 13.4. The fourth-order valence-corrected chi connectivity index (χ4v) is 7.24. The first-order chi connectivity index (χ1) is 22.3. The van der Waals surface area contributed by atoms with Crippen molar-refractivity contribution in [1.29, 1.82) is 0 Å². The van der Waals surface area contributed by atoms with Gasteiger partial charge in [-0.3, -0.25) is 14.6 Å². The summed E-state index contributed by atoms with van der Waals surface area (Å²) in [5, 5.41) is 9.57. The highest BCUT2D eigenvalue weighted by Gasteiger charge is 2.31. The van der Waals surface area contributed by atoms with E-state index in [4.69, 9.17) is 37.3 Å². The Kier molecular flexibility index (Phi) is 10.1. The first-order valence-corrected chi connectivity index (χ1v) is 16.8. The van der Waals surface area contributed by atoms with E-state index in [-0.39, 0.29) is 11.5 Å². The van der Waals surface area contributed by atoms with Gasteiger partial charge in [-0.15, -0.1) is 0 Å². The minimum absolute atomic E-state index is 0.144. The standard InChI is InChI=1S/C33H32N4O6S3/c34-32-35-26-8-5-23(20-28(26)45-32)25-18-21(2-9-27(25)43-17-13-36-11-15-41-16-12-36)19-29-30(38)37(33(44)46-29)10-1-14-42-24-6-3-22(4-7-24)31(39)40/h2-9,18-20H,1,10-17H2,(H2,34,35)(H,39,40). The molecule has 0 radical (unpaired) electrons. The number of fused-ring (bicyclic) bond motifs is 1. The smallest absolute Gasteiger partial charge is 0.335 e. The normalized spacial score (nSPS) is 16.4. The Bertz CT molecular complexity index is 1790. The van der Waals surface area contributed by atoms with Crippen LogP contribution in [-0.4, -0.2) is 88.7 Å². The van der Waals surface area contributed by atoms with E-state index in [0.717, 1.165) is 65.5 Å². The van der Waals surface area contributed by atoms with Crippen molar-refractivity contribution in [2.75, 3.05) is 58.3 Å². The van der Waals surface area contributed by atoms with Gasteiger partial charge in [-0.2, -0.15) is 0 Å². The number of rotatable bonds is 12. The summed E-state index contributed by atoms with van der Waals surface area (Å²) in [7, 11) is 0. The number of aromatic carboxylic acids is 1. The number of carboxylic acid groups (broad SMARTS) is 1. The highest BCUT2D eigenvalue weighted by molar-refractivity contribution is 8.26. The number of anilines is 1. The summed E-state index contributed by atoms with van der Waals surface area (Å²) in [6.07, 6.45) is 2.43. The molecule has 46 heavy (non-hydrogen) atoms. The van der Waals surface area contributed by atoms with E-state index < -0.39 is 5.97 Å². The number of hydrogen-bond donors (Lipinski definition) is 2. The minimum Gasteiger partial charge on any atom is -0.494 e. The Morgan fingerprint density at radius 2 is 1.85 bits per heavy atom. The van der Waals surface area contributed by atoms with Crippen molar-refractivity contribution in [3.8, 4) is 22.6 Å². The molecule has 2 fully saturated rings. The van der Waals surface area contributed by atoms with Gasteiger partial charge < -0.3 is 25.1 Å². The Morgan fingerprint density at radius 3 is 2.63 bits per heavy atom. The number of thiazole rings is 1. The predicted molar refractivity (Wildman–Crippen MR) is 186 cm³/mol. The van der Waals surface area contributed by atoms with Crippen molar-refractivity contribution >= 4 is 72.9 Å². The molecule has 1 amide bonds. The maximum atomic E-state index is 13.3. The van der Waals surface area contributed by atoms with Crippen LogP contribution in [0.3, 0.4) is 0 Å². The van der Waals surface area contributed by atoms with Crippen LogP contribution in [0.2, 0.25) is 0 Å². The average Bonchev–Trinajstić information content (AvgIpc) is 3.56. The van der Waals surface area contributed by atoms with Gasteiger partial charge in [0.2, 0.25) is 0 Å². The molecule has 2 saturated heterocycles. The van der Waals surface area contributed by atoms with Gasteiger partial charge >= 0.3 is 5.97 Å².